The fourth-order valence-corrected chi connectivity index (χ4v) is 11.1. The number of nitrogens with two attached hydrogens (primary N) is 1. The molecule has 2 aromatic rings. The first-order valence-electron chi connectivity index (χ1n) is 18.0. The molecule has 4 aliphatic rings. The van der Waals surface area contributed by atoms with Gasteiger partial charge in [-0.3, -0.25) is 9.59 Å². The Hall–Kier alpha value is -2.92. The minimum Gasteiger partial charge on any atom is -0.493 e. The van der Waals surface area contributed by atoms with E-state index in [0.717, 1.165) is 57.8 Å². The number of aliphatic hydroxyl groups is 1. The van der Waals surface area contributed by atoms with Crippen LogP contribution in [0.3, 0.4) is 0 Å². The maximum Gasteiger partial charge on any atom is 0.328 e. The standard InChI is InChI=1S/C37H54N4O6S/c1-6-46-30-10-8-7-9-26(30)34-39-40(35(48)41(34)38)21-33(44)47-24-17-18-36(3)23(19-24)12-13-25-28-15-14-27(22(2)11-16-32(43)45-5)37(28,4)31(42)20-29(25)36/h7-10,22-25,27-29,31,42H,6,11-21,38H2,1-5H3/t22-,23-,24-,25+,27-,28+,29+,31+,36+,37-/m1/s1. The van der Waals surface area contributed by atoms with Crippen molar-refractivity contribution >= 4 is 24.2 Å². The van der Waals surface area contributed by atoms with Gasteiger partial charge in [-0.2, -0.15) is 0 Å². The third-order valence-electron chi connectivity index (χ3n) is 13.4. The van der Waals surface area contributed by atoms with Crippen LogP contribution in [0.25, 0.3) is 11.4 Å². The lowest BCUT2D eigenvalue weighted by atomic mass is 9.43. The van der Waals surface area contributed by atoms with Crippen molar-refractivity contribution in [3.05, 3.63) is 29.0 Å². The van der Waals surface area contributed by atoms with Gasteiger partial charge in [-0.05, 0) is 135 Å². The fraction of sp³-hybridized carbons (Fsp3) is 0.730. The van der Waals surface area contributed by atoms with E-state index >= 15 is 0 Å². The minimum atomic E-state index is -0.363. The zero-order chi connectivity index (χ0) is 34.4. The highest BCUT2D eigenvalue weighted by Gasteiger charge is 2.63. The molecule has 4 saturated carbocycles. The first-order valence-corrected chi connectivity index (χ1v) is 18.4. The van der Waals surface area contributed by atoms with E-state index in [2.05, 4.69) is 25.9 Å². The summed E-state index contributed by atoms with van der Waals surface area (Å²) in [5, 5.41) is 16.5. The van der Waals surface area contributed by atoms with Gasteiger partial charge in [-0.25, -0.2) is 9.36 Å². The van der Waals surface area contributed by atoms with E-state index in [4.69, 9.17) is 32.3 Å². The van der Waals surface area contributed by atoms with Crippen LogP contribution in [-0.4, -0.2) is 57.4 Å². The molecule has 0 spiro atoms. The second-order valence-corrected chi connectivity index (χ2v) is 15.9. The number of aliphatic hydroxyl groups excluding tert-OH is 1. The Morgan fingerprint density at radius 3 is 2.62 bits per heavy atom. The van der Waals surface area contributed by atoms with Crippen molar-refractivity contribution in [3.8, 4) is 17.1 Å². The topological polar surface area (TPSA) is 131 Å². The molecule has 0 saturated heterocycles. The van der Waals surface area contributed by atoms with Gasteiger partial charge in [-0.15, -0.1) is 5.10 Å². The fourth-order valence-electron chi connectivity index (χ4n) is 10.9. The minimum absolute atomic E-state index is 0.109. The van der Waals surface area contributed by atoms with Crippen LogP contribution in [0.5, 0.6) is 5.75 Å². The lowest BCUT2D eigenvalue weighted by Gasteiger charge is -2.62. The molecule has 264 valence electrons. The van der Waals surface area contributed by atoms with Gasteiger partial charge in [0.15, 0.2) is 5.82 Å². The molecule has 0 unspecified atom stereocenters. The van der Waals surface area contributed by atoms with E-state index in [1.54, 1.807) is 0 Å². The number of nitrogen functional groups attached to an aromatic ring is 1. The van der Waals surface area contributed by atoms with Crippen molar-refractivity contribution in [3.63, 3.8) is 0 Å². The van der Waals surface area contributed by atoms with Crippen LogP contribution in [0, 0.1) is 51.1 Å². The highest BCUT2D eigenvalue weighted by Crippen LogP contribution is 2.68. The van der Waals surface area contributed by atoms with Gasteiger partial charge < -0.3 is 25.2 Å². The number of para-hydroxylation sites is 1. The number of methoxy groups -OCH3 is 1. The van der Waals surface area contributed by atoms with Gasteiger partial charge in [0.05, 0.1) is 25.4 Å². The Bertz CT molecular complexity index is 1560. The number of ether oxygens (including phenoxy) is 3. The molecule has 1 aromatic heterocycles. The van der Waals surface area contributed by atoms with Gasteiger partial charge in [0.2, 0.25) is 4.77 Å². The molecule has 1 heterocycles. The Kier molecular flexibility index (Phi) is 10.0. The SMILES string of the molecule is CCOc1ccccc1-c1nn(CC(=O)O[C@@H]2CC[C@@]3(C)[C@H](CC[C@@H]4[C@@H]3C[C@H](O)[C@]3(C)[C@@H]([C@H](C)CCC(=O)OC)CC[C@@H]43)C2)c(=S)n1N. The molecule has 10 atom stereocenters. The summed E-state index contributed by atoms with van der Waals surface area (Å²) < 4.78 is 19.7. The molecular formula is C37H54N4O6S. The maximum absolute atomic E-state index is 13.3. The first kappa shape index (κ1) is 34.9. The van der Waals surface area contributed by atoms with Crippen LogP contribution in [0.15, 0.2) is 24.3 Å². The molecule has 0 aliphatic heterocycles. The summed E-state index contributed by atoms with van der Waals surface area (Å²) in [4.78, 5) is 25.1. The predicted molar refractivity (Wildman–Crippen MR) is 185 cm³/mol. The molecule has 10 nitrogen and oxygen atoms in total. The number of esters is 2. The van der Waals surface area contributed by atoms with E-state index in [9.17, 15) is 14.7 Å². The summed E-state index contributed by atoms with van der Waals surface area (Å²) in [6.45, 7) is 9.35. The molecule has 11 heteroatoms. The van der Waals surface area contributed by atoms with Gasteiger partial charge in [0, 0.05) is 6.42 Å². The third kappa shape index (κ3) is 6.07. The van der Waals surface area contributed by atoms with Crippen molar-refractivity contribution in [1.29, 1.82) is 0 Å². The van der Waals surface area contributed by atoms with Gasteiger partial charge in [-0.1, -0.05) is 32.9 Å². The molecular weight excluding hydrogens is 628 g/mol. The highest BCUT2D eigenvalue weighted by atomic mass is 32.1. The summed E-state index contributed by atoms with van der Waals surface area (Å²) >= 11 is 5.54. The molecule has 0 bridgehead atoms. The van der Waals surface area contributed by atoms with Crippen molar-refractivity contribution in [2.75, 3.05) is 19.6 Å². The number of nitrogens with zero attached hydrogens (tertiary/aromatic N) is 3. The monoisotopic (exact) mass is 682 g/mol. The quantitative estimate of drug-likeness (QED) is 0.168. The second kappa shape index (κ2) is 13.8. The lowest BCUT2D eigenvalue weighted by molar-refractivity contribution is -0.182. The maximum atomic E-state index is 13.3. The average Bonchev–Trinajstić information content (AvgIpc) is 3.57. The largest absolute Gasteiger partial charge is 0.493 e. The summed E-state index contributed by atoms with van der Waals surface area (Å²) in [5.41, 5.74) is 0.707. The number of hydrogen-bond donors (Lipinski definition) is 2. The summed E-state index contributed by atoms with van der Waals surface area (Å²) in [5.74, 6) is 9.66. The Labute approximate surface area is 289 Å². The van der Waals surface area contributed by atoms with Gasteiger partial charge >= 0.3 is 11.9 Å². The number of carbonyl (C=O) groups is 2. The van der Waals surface area contributed by atoms with E-state index in [0.29, 0.717) is 65.7 Å². The molecule has 6 rings (SSSR count). The average molecular weight is 683 g/mol. The Morgan fingerprint density at radius 2 is 1.88 bits per heavy atom. The number of aromatic nitrogens is 3. The normalized spacial score (nSPS) is 34.8. The lowest BCUT2D eigenvalue weighted by Crippen LogP contribution is -2.59. The van der Waals surface area contributed by atoms with Crippen LogP contribution in [0.2, 0.25) is 0 Å². The molecule has 0 amide bonds. The molecule has 4 aliphatic carbocycles. The van der Waals surface area contributed by atoms with Crippen LogP contribution >= 0.6 is 12.2 Å². The van der Waals surface area contributed by atoms with Crippen LogP contribution in [0.1, 0.15) is 91.9 Å². The van der Waals surface area contributed by atoms with Crippen LogP contribution in [-0.2, 0) is 25.6 Å². The van der Waals surface area contributed by atoms with Crippen molar-refractivity contribution in [1.82, 2.24) is 14.5 Å². The zero-order valence-electron chi connectivity index (χ0n) is 29.2. The highest BCUT2D eigenvalue weighted by molar-refractivity contribution is 7.71. The van der Waals surface area contributed by atoms with Gasteiger partial charge in [0.1, 0.15) is 18.4 Å². The Morgan fingerprint density at radius 1 is 1.10 bits per heavy atom. The van der Waals surface area contributed by atoms with Crippen molar-refractivity contribution < 1.29 is 28.9 Å². The van der Waals surface area contributed by atoms with Crippen molar-refractivity contribution in [2.24, 2.45) is 46.3 Å². The van der Waals surface area contributed by atoms with E-state index < -0.39 is 0 Å². The summed E-state index contributed by atoms with van der Waals surface area (Å²) in [6.07, 6.45) is 8.81. The predicted octanol–water partition coefficient (Wildman–Crippen LogP) is 6.32. The summed E-state index contributed by atoms with van der Waals surface area (Å²) in [6, 6.07) is 7.49. The number of rotatable bonds is 10. The van der Waals surface area contributed by atoms with Crippen LogP contribution in [0.4, 0.5) is 0 Å². The second-order valence-electron chi connectivity index (χ2n) is 15.5. The number of fused-ring (bicyclic) bond motifs is 5. The summed E-state index contributed by atoms with van der Waals surface area (Å²) in [7, 11) is 1.45. The third-order valence-corrected chi connectivity index (χ3v) is 13.8. The number of carbonyl (C=O) groups excluding carboxylic acids is 2. The smallest absolute Gasteiger partial charge is 0.328 e. The van der Waals surface area contributed by atoms with Crippen LogP contribution < -0.4 is 10.6 Å². The van der Waals surface area contributed by atoms with E-state index in [-0.39, 0.29) is 46.3 Å². The van der Waals surface area contributed by atoms with E-state index in [1.807, 2.05) is 31.2 Å². The molecule has 4 fully saturated rings. The molecule has 0 radical (unpaired) electrons. The molecule has 48 heavy (non-hydrogen) atoms. The van der Waals surface area contributed by atoms with E-state index in [1.165, 1.54) is 16.5 Å². The Balaban J connectivity index is 1.09. The number of benzene rings is 1. The first-order chi connectivity index (χ1) is 22.9. The van der Waals surface area contributed by atoms with Crippen molar-refractivity contribution in [2.45, 2.75) is 111 Å². The molecule has 1 aromatic carbocycles. The zero-order valence-corrected chi connectivity index (χ0v) is 30.0. The number of hydrogen-bond acceptors (Lipinski definition) is 9. The molecule has 3 N–H and O–H groups in total. The van der Waals surface area contributed by atoms with Gasteiger partial charge in [0.25, 0.3) is 0 Å².